The Kier molecular flexibility index (Phi) is 4.34. The number of amides is 1. The number of carbonyl (C=O) groups excluding carboxylic acids is 1. The van der Waals surface area contributed by atoms with Gasteiger partial charge in [-0.25, -0.2) is 4.98 Å². The molecule has 1 aromatic heterocycles. The SMILES string of the molecule is O=C(CC1CCCC1)NCc1ncc(-c2ccccc2)[nH]1. The molecule has 0 atom stereocenters. The molecule has 0 radical (unpaired) electrons. The Balaban J connectivity index is 1.51. The maximum Gasteiger partial charge on any atom is 0.220 e. The molecule has 0 aliphatic heterocycles. The number of hydrogen-bond donors (Lipinski definition) is 2. The fourth-order valence-electron chi connectivity index (χ4n) is 2.95. The van der Waals surface area contributed by atoms with E-state index in [4.69, 9.17) is 0 Å². The molecule has 1 saturated carbocycles. The van der Waals surface area contributed by atoms with E-state index >= 15 is 0 Å². The van der Waals surface area contributed by atoms with Crippen molar-refractivity contribution in [1.29, 1.82) is 0 Å². The molecule has 1 heterocycles. The minimum atomic E-state index is 0.138. The third-order valence-corrected chi connectivity index (χ3v) is 4.12. The molecule has 2 aromatic rings. The first-order valence-corrected chi connectivity index (χ1v) is 7.67. The van der Waals surface area contributed by atoms with Gasteiger partial charge in [0, 0.05) is 6.42 Å². The number of nitrogens with one attached hydrogen (secondary N) is 2. The number of aromatic nitrogens is 2. The van der Waals surface area contributed by atoms with E-state index in [1.54, 1.807) is 0 Å². The van der Waals surface area contributed by atoms with E-state index in [1.807, 2.05) is 36.5 Å². The van der Waals surface area contributed by atoms with E-state index in [-0.39, 0.29) is 5.91 Å². The molecule has 3 rings (SSSR count). The first kappa shape index (κ1) is 13.9. The molecule has 110 valence electrons. The standard InChI is InChI=1S/C17H21N3O/c21-17(10-13-6-4-5-7-13)19-12-16-18-11-15(20-16)14-8-2-1-3-9-14/h1-3,8-9,11,13H,4-7,10,12H2,(H,18,20)(H,19,21). The Morgan fingerprint density at radius 2 is 2.00 bits per heavy atom. The number of nitrogens with zero attached hydrogens (tertiary/aromatic N) is 1. The molecule has 0 unspecified atom stereocenters. The van der Waals surface area contributed by atoms with Crippen LogP contribution >= 0.6 is 0 Å². The van der Waals surface area contributed by atoms with Crippen LogP contribution in [0.3, 0.4) is 0 Å². The molecular weight excluding hydrogens is 262 g/mol. The van der Waals surface area contributed by atoms with Gasteiger partial charge < -0.3 is 10.3 Å². The van der Waals surface area contributed by atoms with Gasteiger partial charge in [-0.05, 0) is 24.3 Å². The molecule has 1 aliphatic carbocycles. The molecule has 2 N–H and O–H groups in total. The van der Waals surface area contributed by atoms with E-state index in [1.165, 1.54) is 25.7 Å². The number of rotatable bonds is 5. The van der Waals surface area contributed by atoms with Crippen LogP contribution in [0.5, 0.6) is 0 Å². The summed E-state index contributed by atoms with van der Waals surface area (Å²) in [5.74, 6) is 1.52. The van der Waals surface area contributed by atoms with Crippen molar-refractivity contribution in [2.24, 2.45) is 5.92 Å². The Morgan fingerprint density at radius 3 is 2.76 bits per heavy atom. The molecule has 0 bridgehead atoms. The summed E-state index contributed by atoms with van der Waals surface area (Å²) in [6.45, 7) is 0.471. The molecule has 4 heteroatoms. The minimum Gasteiger partial charge on any atom is -0.349 e. The molecule has 1 aliphatic rings. The van der Waals surface area contributed by atoms with E-state index in [9.17, 15) is 4.79 Å². The zero-order valence-electron chi connectivity index (χ0n) is 12.1. The zero-order valence-corrected chi connectivity index (χ0v) is 12.1. The van der Waals surface area contributed by atoms with E-state index < -0.39 is 0 Å². The Morgan fingerprint density at radius 1 is 1.24 bits per heavy atom. The average Bonchev–Trinajstić information content (AvgIpc) is 3.17. The number of carbonyl (C=O) groups is 1. The summed E-state index contributed by atoms with van der Waals surface area (Å²) < 4.78 is 0. The third kappa shape index (κ3) is 3.72. The lowest BCUT2D eigenvalue weighted by molar-refractivity contribution is -0.122. The van der Waals surface area contributed by atoms with Gasteiger partial charge >= 0.3 is 0 Å². The summed E-state index contributed by atoms with van der Waals surface area (Å²) in [6, 6.07) is 10.1. The highest BCUT2D eigenvalue weighted by Crippen LogP contribution is 2.27. The van der Waals surface area contributed by atoms with Crippen LogP contribution in [0.1, 0.15) is 37.9 Å². The Labute approximate surface area is 125 Å². The number of benzene rings is 1. The van der Waals surface area contributed by atoms with Crippen molar-refractivity contribution in [3.8, 4) is 11.3 Å². The molecule has 1 aromatic carbocycles. The van der Waals surface area contributed by atoms with Gasteiger partial charge in [0.05, 0.1) is 18.4 Å². The van der Waals surface area contributed by atoms with Crippen LogP contribution in [0.2, 0.25) is 0 Å². The predicted molar refractivity (Wildman–Crippen MR) is 82.4 cm³/mol. The summed E-state index contributed by atoms with van der Waals surface area (Å²) in [7, 11) is 0. The quantitative estimate of drug-likeness (QED) is 0.884. The largest absolute Gasteiger partial charge is 0.349 e. The van der Waals surface area contributed by atoms with Crippen molar-refractivity contribution in [2.45, 2.75) is 38.6 Å². The van der Waals surface area contributed by atoms with Crippen LogP contribution < -0.4 is 5.32 Å². The Hall–Kier alpha value is -2.10. The normalized spacial score (nSPS) is 15.2. The highest BCUT2D eigenvalue weighted by molar-refractivity contribution is 5.76. The number of H-pyrrole nitrogens is 1. The van der Waals surface area contributed by atoms with Gasteiger partial charge in [0.25, 0.3) is 0 Å². The van der Waals surface area contributed by atoms with Crippen molar-refractivity contribution in [1.82, 2.24) is 15.3 Å². The van der Waals surface area contributed by atoms with Crippen molar-refractivity contribution in [2.75, 3.05) is 0 Å². The van der Waals surface area contributed by atoms with Crippen LogP contribution in [0, 0.1) is 5.92 Å². The first-order chi connectivity index (χ1) is 10.3. The first-order valence-electron chi connectivity index (χ1n) is 7.67. The summed E-state index contributed by atoms with van der Waals surface area (Å²) >= 11 is 0. The zero-order chi connectivity index (χ0) is 14.5. The minimum absolute atomic E-state index is 0.138. The predicted octanol–water partition coefficient (Wildman–Crippen LogP) is 3.27. The summed E-state index contributed by atoms with van der Waals surface area (Å²) in [5, 5.41) is 2.96. The lowest BCUT2D eigenvalue weighted by Gasteiger charge is -2.08. The van der Waals surface area contributed by atoms with Crippen LogP contribution in [0.25, 0.3) is 11.3 Å². The van der Waals surface area contributed by atoms with Gasteiger partial charge in [-0.2, -0.15) is 0 Å². The van der Waals surface area contributed by atoms with E-state index in [0.717, 1.165) is 17.1 Å². The smallest absolute Gasteiger partial charge is 0.220 e. The van der Waals surface area contributed by atoms with Crippen molar-refractivity contribution in [3.05, 3.63) is 42.4 Å². The molecule has 1 amide bonds. The van der Waals surface area contributed by atoms with Crippen LogP contribution in [0.4, 0.5) is 0 Å². The van der Waals surface area contributed by atoms with E-state index in [2.05, 4.69) is 15.3 Å². The molecule has 21 heavy (non-hydrogen) atoms. The van der Waals surface area contributed by atoms with E-state index in [0.29, 0.717) is 18.9 Å². The molecule has 0 spiro atoms. The van der Waals surface area contributed by atoms with Crippen molar-refractivity contribution < 1.29 is 4.79 Å². The van der Waals surface area contributed by atoms with Crippen molar-refractivity contribution in [3.63, 3.8) is 0 Å². The molecule has 4 nitrogen and oxygen atoms in total. The van der Waals surface area contributed by atoms with Gasteiger partial charge in [-0.15, -0.1) is 0 Å². The van der Waals surface area contributed by atoms with Gasteiger partial charge in [-0.3, -0.25) is 4.79 Å². The molecular formula is C17H21N3O. The second-order valence-corrected chi connectivity index (χ2v) is 5.74. The van der Waals surface area contributed by atoms with Gasteiger partial charge in [0.2, 0.25) is 5.91 Å². The van der Waals surface area contributed by atoms with Crippen LogP contribution in [-0.2, 0) is 11.3 Å². The number of aromatic amines is 1. The highest BCUT2D eigenvalue weighted by Gasteiger charge is 2.18. The van der Waals surface area contributed by atoms with Crippen LogP contribution in [-0.4, -0.2) is 15.9 Å². The topological polar surface area (TPSA) is 57.8 Å². The second kappa shape index (κ2) is 6.57. The van der Waals surface area contributed by atoms with Gasteiger partial charge in [-0.1, -0.05) is 43.2 Å². The maximum atomic E-state index is 11.9. The molecule has 1 fully saturated rings. The van der Waals surface area contributed by atoms with Gasteiger partial charge in [0.1, 0.15) is 5.82 Å². The monoisotopic (exact) mass is 283 g/mol. The maximum absolute atomic E-state index is 11.9. The second-order valence-electron chi connectivity index (χ2n) is 5.74. The summed E-state index contributed by atoms with van der Waals surface area (Å²) in [6.07, 6.45) is 7.42. The highest BCUT2D eigenvalue weighted by atomic mass is 16.1. The summed E-state index contributed by atoms with van der Waals surface area (Å²) in [5.41, 5.74) is 2.09. The van der Waals surface area contributed by atoms with Gasteiger partial charge in [0.15, 0.2) is 0 Å². The number of imidazole rings is 1. The lowest BCUT2D eigenvalue weighted by Crippen LogP contribution is -2.25. The number of hydrogen-bond acceptors (Lipinski definition) is 2. The Bertz CT molecular complexity index is 585. The fourth-order valence-corrected chi connectivity index (χ4v) is 2.95. The van der Waals surface area contributed by atoms with Crippen LogP contribution in [0.15, 0.2) is 36.5 Å². The lowest BCUT2D eigenvalue weighted by atomic mass is 10.0. The third-order valence-electron chi connectivity index (χ3n) is 4.12. The van der Waals surface area contributed by atoms with Crippen molar-refractivity contribution >= 4 is 5.91 Å². The fraction of sp³-hybridized carbons (Fsp3) is 0.412. The summed E-state index contributed by atoms with van der Waals surface area (Å²) in [4.78, 5) is 19.5. The molecule has 0 saturated heterocycles. The average molecular weight is 283 g/mol.